The summed E-state index contributed by atoms with van der Waals surface area (Å²) in [6.07, 6.45) is 9.20. The normalized spacial score (nSPS) is 16.9. The Balaban J connectivity index is 0.000000323. The van der Waals surface area contributed by atoms with E-state index in [4.69, 9.17) is 4.74 Å². The lowest BCUT2D eigenvalue weighted by Crippen LogP contribution is -2.37. The van der Waals surface area contributed by atoms with Crippen LogP contribution in [0, 0.1) is 0 Å². The molecule has 62 heavy (non-hydrogen) atoms. The van der Waals surface area contributed by atoms with Gasteiger partial charge in [-0.1, -0.05) is 86.8 Å². The van der Waals surface area contributed by atoms with Gasteiger partial charge in [0.05, 0.1) is 17.6 Å². The summed E-state index contributed by atoms with van der Waals surface area (Å²) in [4.78, 5) is 49.6. The molecule has 0 aliphatic carbocycles. The second kappa shape index (κ2) is 26.5. The van der Waals surface area contributed by atoms with Crippen LogP contribution in [0.15, 0.2) is 78.9 Å². The Kier molecular flexibility index (Phi) is 21.5. The van der Waals surface area contributed by atoms with Gasteiger partial charge in [0.25, 0.3) is 11.8 Å². The number of nitrogens with one attached hydrogen (secondary N) is 6. The molecule has 3 aromatic carbocycles. The van der Waals surface area contributed by atoms with Gasteiger partial charge in [0, 0.05) is 77.3 Å². The Morgan fingerprint density at radius 3 is 2.03 bits per heavy atom. The fourth-order valence-electron chi connectivity index (χ4n) is 7.43. The van der Waals surface area contributed by atoms with Gasteiger partial charge in [-0.15, -0.1) is 0 Å². The third kappa shape index (κ3) is 16.2. The number of unbranched alkanes of at least 4 members (excludes halogenated alkanes) is 4. The number of urea groups is 1. The van der Waals surface area contributed by atoms with Gasteiger partial charge in [-0.2, -0.15) is 11.8 Å². The first-order chi connectivity index (χ1) is 29.9. The third-order valence-corrected chi connectivity index (χ3v) is 15.4. The Morgan fingerprint density at radius 2 is 1.39 bits per heavy atom. The summed E-state index contributed by atoms with van der Waals surface area (Å²) in [5.41, 5.74) is 0.771. The fourth-order valence-corrected chi connectivity index (χ4v) is 11.8. The molecule has 0 unspecified atom stereocenters. The van der Waals surface area contributed by atoms with Gasteiger partial charge in [0.15, 0.2) is 7.14 Å². The Bertz CT molecular complexity index is 1850. The first kappa shape index (κ1) is 50.5. The van der Waals surface area contributed by atoms with Crippen molar-refractivity contribution in [3.63, 3.8) is 0 Å². The van der Waals surface area contributed by atoms with Crippen LogP contribution in [0.3, 0.4) is 0 Å². The highest BCUT2D eigenvalue weighted by Crippen LogP contribution is 2.43. The largest absolute Gasteiger partial charge is 0.382 e. The molecule has 12 nitrogen and oxygen atoms in total. The van der Waals surface area contributed by atoms with Crippen LogP contribution in [0.25, 0.3) is 0 Å². The van der Waals surface area contributed by atoms with Crippen molar-refractivity contribution in [3.05, 3.63) is 90.0 Å². The number of ether oxygens (including phenoxy) is 1. The van der Waals surface area contributed by atoms with Crippen molar-refractivity contribution in [1.29, 1.82) is 0 Å². The van der Waals surface area contributed by atoms with E-state index in [0.717, 1.165) is 76.7 Å². The van der Waals surface area contributed by atoms with Crippen LogP contribution in [0.5, 0.6) is 0 Å². The van der Waals surface area contributed by atoms with Gasteiger partial charge in [0.2, 0.25) is 5.91 Å². The summed E-state index contributed by atoms with van der Waals surface area (Å²) in [7, 11) is -3.49. The number of thioether (sulfide) groups is 1. The molecule has 5 amide bonds. The number of hydrogen-bond donors (Lipinski definition) is 6. The number of hydrogen-bond acceptors (Lipinski definition) is 8. The standard InChI is InChI=1S/C33H44N3O3P.C15H27N3O3S/c1-5-6-13-22-34-31(37)26-20-21-29(32(38)35-23-14-15-24-36-33(2,3)4)30(25-26)40(39,27-16-9-7-10-17-27)28-18-11-8-12-19-28;1-2-21-9-5-8-16-13(19)7-4-3-6-12-14-11(10-22-12)17-15(20)18-14/h7-12,16-21,25,36H,5-6,13-15,22-24H2,1-4H3,(H,34,37)(H,35,38);11-12,14H,2-10H2,1H3,(H,16,19)(H2,17,18,20)/t;11-,12-,14-/m.0/s1. The summed E-state index contributed by atoms with van der Waals surface area (Å²) in [6.45, 7) is 14.5. The molecule has 2 aliphatic heterocycles. The van der Waals surface area contributed by atoms with Crippen LogP contribution in [-0.4, -0.2) is 91.8 Å². The topological polar surface area (TPSA) is 167 Å². The summed E-state index contributed by atoms with van der Waals surface area (Å²) >= 11 is 1.93. The number of rotatable bonds is 24. The summed E-state index contributed by atoms with van der Waals surface area (Å²) in [6, 6.07) is 23.9. The Hall–Kier alpha value is -4.16. The van der Waals surface area contributed by atoms with Crippen molar-refractivity contribution in [2.45, 2.75) is 122 Å². The van der Waals surface area contributed by atoms with E-state index in [-0.39, 0.29) is 41.4 Å². The van der Waals surface area contributed by atoms with E-state index in [1.807, 2.05) is 79.3 Å². The fraction of sp³-hybridized carbons (Fsp3) is 0.542. The Morgan fingerprint density at radius 1 is 0.758 bits per heavy atom. The molecule has 0 aromatic heterocycles. The highest BCUT2D eigenvalue weighted by molar-refractivity contribution is 8.00. The summed E-state index contributed by atoms with van der Waals surface area (Å²) < 4.78 is 20.4. The van der Waals surface area contributed by atoms with Gasteiger partial charge in [-0.3, -0.25) is 14.4 Å². The molecule has 0 saturated carbocycles. The maximum atomic E-state index is 15.2. The molecular formula is C48H71N6O6PS. The molecule has 5 rings (SSSR count). The van der Waals surface area contributed by atoms with E-state index in [9.17, 15) is 19.2 Å². The van der Waals surface area contributed by atoms with Crippen LogP contribution < -0.4 is 47.8 Å². The predicted molar refractivity (Wildman–Crippen MR) is 255 cm³/mol. The van der Waals surface area contributed by atoms with Gasteiger partial charge in [-0.05, 0) is 91.0 Å². The third-order valence-electron chi connectivity index (χ3n) is 10.8. The van der Waals surface area contributed by atoms with Crippen molar-refractivity contribution >= 4 is 58.6 Å². The second-order valence-corrected chi connectivity index (χ2v) is 20.9. The van der Waals surface area contributed by atoms with Crippen molar-refractivity contribution < 1.29 is 28.5 Å². The minimum absolute atomic E-state index is 0.0354. The van der Waals surface area contributed by atoms with E-state index < -0.39 is 7.14 Å². The smallest absolute Gasteiger partial charge is 0.315 e. The van der Waals surface area contributed by atoms with Gasteiger partial charge in [-0.25, -0.2) is 4.79 Å². The minimum atomic E-state index is -3.49. The quantitative estimate of drug-likeness (QED) is 0.0342. The maximum absolute atomic E-state index is 15.2. The van der Waals surface area contributed by atoms with Crippen molar-refractivity contribution in [2.24, 2.45) is 0 Å². The lowest BCUT2D eigenvalue weighted by molar-refractivity contribution is -0.121. The SMILES string of the molecule is CCCCCNC(=O)c1ccc(C(=O)NCCCCNC(C)(C)C)c(P(=O)(c2ccccc2)c2ccccc2)c1.CCOCCCNC(=O)CCCC[C@@H]1SC[C@@H]2NC(=O)N[C@@H]21. The lowest BCUT2D eigenvalue weighted by atomic mass is 10.0. The number of amides is 5. The van der Waals surface area contributed by atoms with Crippen LogP contribution in [0.1, 0.15) is 120 Å². The van der Waals surface area contributed by atoms with Gasteiger partial charge < -0.3 is 41.2 Å². The summed E-state index contributed by atoms with van der Waals surface area (Å²) in [5.74, 6) is 0.599. The molecule has 3 aromatic rings. The first-order valence-corrected chi connectivity index (χ1v) is 25.3. The number of carbonyl (C=O) groups excluding carboxylic acids is 4. The maximum Gasteiger partial charge on any atom is 0.315 e. The zero-order valence-electron chi connectivity index (χ0n) is 37.6. The van der Waals surface area contributed by atoms with Crippen LogP contribution in [-0.2, 0) is 14.1 Å². The molecule has 340 valence electrons. The zero-order valence-corrected chi connectivity index (χ0v) is 39.3. The average Bonchev–Trinajstić information content (AvgIpc) is 3.83. The number of carbonyl (C=O) groups is 4. The van der Waals surface area contributed by atoms with E-state index in [1.165, 1.54) is 0 Å². The molecule has 0 radical (unpaired) electrons. The van der Waals surface area contributed by atoms with Crippen molar-refractivity contribution in [3.8, 4) is 0 Å². The molecule has 0 bridgehead atoms. The van der Waals surface area contributed by atoms with E-state index in [2.05, 4.69) is 59.6 Å². The number of fused-ring (bicyclic) bond motifs is 1. The zero-order chi connectivity index (χ0) is 44.8. The van der Waals surface area contributed by atoms with Gasteiger partial charge in [0.1, 0.15) is 0 Å². The highest BCUT2D eigenvalue weighted by Gasteiger charge is 2.42. The molecule has 2 fully saturated rings. The van der Waals surface area contributed by atoms with Crippen molar-refractivity contribution in [1.82, 2.24) is 31.9 Å². The average molecular weight is 891 g/mol. The van der Waals surface area contributed by atoms with E-state index >= 15 is 4.57 Å². The molecule has 14 heteroatoms. The monoisotopic (exact) mass is 890 g/mol. The van der Waals surface area contributed by atoms with Crippen LogP contribution >= 0.6 is 18.9 Å². The van der Waals surface area contributed by atoms with E-state index in [1.54, 1.807) is 18.2 Å². The molecule has 3 atom stereocenters. The summed E-state index contributed by atoms with van der Waals surface area (Å²) in [5, 5.41) is 20.4. The highest BCUT2D eigenvalue weighted by atomic mass is 32.2. The molecule has 6 N–H and O–H groups in total. The van der Waals surface area contributed by atoms with Crippen molar-refractivity contribution in [2.75, 3.05) is 45.1 Å². The van der Waals surface area contributed by atoms with Crippen LogP contribution in [0.2, 0.25) is 0 Å². The predicted octanol–water partition coefficient (Wildman–Crippen LogP) is 6.40. The lowest BCUT2D eigenvalue weighted by Gasteiger charge is -2.23. The van der Waals surface area contributed by atoms with Crippen LogP contribution in [0.4, 0.5) is 4.79 Å². The minimum Gasteiger partial charge on any atom is -0.382 e. The van der Waals surface area contributed by atoms with E-state index in [0.29, 0.717) is 65.0 Å². The second-order valence-electron chi connectivity index (χ2n) is 16.9. The molecule has 2 saturated heterocycles. The molecule has 2 heterocycles. The first-order valence-electron chi connectivity index (χ1n) is 22.6. The number of benzene rings is 3. The molecule has 2 aliphatic rings. The Labute approximate surface area is 374 Å². The van der Waals surface area contributed by atoms with Gasteiger partial charge >= 0.3 is 6.03 Å². The molecule has 0 spiro atoms. The molecular weight excluding hydrogens is 820 g/mol.